The van der Waals surface area contributed by atoms with Crippen LogP contribution < -0.4 is 5.32 Å². The van der Waals surface area contributed by atoms with E-state index >= 15 is 0 Å². The normalized spacial score (nSPS) is 19.7. The van der Waals surface area contributed by atoms with Crippen LogP contribution in [0.5, 0.6) is 5.75 Å². The van der Waals surface area contributed by atoms with Gasteiger partial charge < -0.3 is 10.4 Å². The van der Waals surface area contributed by atoms with Crippen molar-refractivity contribution in [2.24, 2.45) is 0 Å². The van der Waals surface area contributed by atoms with Crippen LogP contribution in [0.15, 0.2) is 24.5 Å². The Bertz CT molecular complexity index is 538. The number of nitrogens with zero attached hydrogens (tertiary/aromatic N) is 2. The second-order valence-corrected chi connectivity index (χ2v) is 4.70. The van der Waals surface area contributed by atoms with Crippen molar-refractivity contribution in [3.63, 3.8) is 0 Å². The van der Waals surface area contributed by atoms with Crippen molar-refractivity contribution >= 4 is 0 Å². The summed E-state index contributed by atoms with van der Waals surface area (Å²) in [5.74, 6) is 1.24. The molecule has 94 valence electrons. The Balaban J connectivity index is 1.79. The first kappa shape index (κ1) is 11.2. The van der Waals surface area contributed by atoms with Gasteiger partial charge in [0.25, 0.3) is 0 Å². The Morgan fingerprint density at radius 2 is 2.39 bits per heavy atom. The van der Waals surface area contributed by atoms with Crippen LogP contribution >= 0.6 is 0 Å². The maximum atomic E-state index is 9.81. The van der Waals surface area contributed by atoms with Crippen molar-refractivity contribution in [1.29, 1.82) is 0 Å². The van der Waals surface area contributed by atoms with Crippen molar-refractivity contribution in [3.05, 3.63) is 41.5 Å². The Morgan fingerprint density at radius 3 is 3.17 bits per heavy atom. The molecule has 3 rings (SSSR count). The summed E-state index contributed by atoms with van der Waals surface area (Å²) in [4.78, 5) is 4.15. The van der Waals surface area contributed by atoms with Crippen LogP contribution in [0, 0.1) is 0 Å². The van der Waals surface area contributed by atoms with E-state index in [4.69, 9.17) is 0 Å². The maximum absolute atomic E-state index is 9.81. The van der Waals surface area contributed by atoms with Crippen molar-refractivity contribution in [1.82, 2.24) is 20.5 Å². The summed E-state index contributed by atoms with van der Waals surface area (Å²) >= 11 is 0. The van der Waals surface area contributed by atoms with Crippen molar-refractivity contribution < 1.29 is 5.11 Å². The van der Waals surface area contributed by atoms with Crippen LogP contribution in [0.2, 0.25) is 0 Å². The topological polar surface area (TPSA) is 73.8 Å². The lowest BCUT2D eigenvalue weighted by Crippen LogP contribution is -2.23. The number of aromatic nitrogens is 3. The van der Waals surface area contributed by atoms with Gasteiger partial charge in [-0.25, -0.2) is 4.98 Å². The molecule has 3 N–H and O–H groups in total. The zero-order valence-electron chi connectivity index (χ0n) is 10.2. The van der Waals surface area contributed by atoms with Gasteiger partial charge in [0.1, 0.15) is 17.9 Å². The Labute approximate surface area is 105 Å². The molecule has 1 aliphatic carbocycles. The van der Waals surface area contributed by atoms with Gasteiger partial charge in [-0.1, -0.05) is 12.1 Å². The van der Waals surface area contributed by atoms with Gasteiger partial charge >= 0.3 is 0 Å². The van der Waals surface area contributed by atoms with Crippen LogP contribution in [0.4, 0.5) is 0 Å². The second kappa shape index (κ2) is 4.42. The van der Waals surface area contributed by atoms with Gasteiger partial charge in [0.05, 0.1) is 6.04 Å². The molecule has 2 unspecified atom stereocenters. The average Bonchev–Trinajstić information content (AvgIpc) is 2.99. The largest absolute Gasteiger partial charge is 0.508 e. The van der Waals surface area contributed by atoms with Crippen LogP contribution in [-0.2, 0) is 6.42 Å². The predicted octanol–water partition coefficient (Wildman–Crippen LogP) is 1.85. The lowest BCUT2D eigenvalue weighted by atomic mass is 10.1. The Kier molecular flexibility index (Phi) is 2.76. The summed E-state index contributed by atoms with van der Waals surface area (Å²) in [5.41, 5.74) is 2.26. The van der Waals surface area contributed by atoms with Crippen LogP contribution in [0.1, 0.15) is 42.4 Å². The average molecular weight is 244 g/mol. The second-order valence-electron chi connectivity index (χ2n) is 4.70. The van der Waals surface area contributed by atoms with Gasteiger partial charge in [-0.15, -0.1) is 0 Å². The SMILES string of the molecule is CC(NC1CCc2c(O)cccc21)c1ncn[nH]1. The van der Waals surface area contributed by atoms with E-state index in [0.717, 1.165) is 24.2 Å². The number of aromatic amines is 1. The van der Waals surface area contributed by atoms with Gasteiger partial charge in [-0.05, 0) is 37.0 Å². The fourth-order valence-electron chi connectivity index (χ4n) is 2.61. The number of benzene rings is 1. The molecule has 0 radical (unpaired) electrons. The number of hydrogen-bond acceptors (Lipinski definition) is 4. The summed E-state index contributed by atoms with van der Waals surface area (Å²) in [6.45, 7) is 2.06. The fraction of sp³-hybridized carbons (Fsp3) is 0.385. The highest BCUT2D eigenvalue weighted by Gasteiger charge is 2.26. The minimum Gasteiger partial charge on any atom is -0.508 e. The number of phenolic OH excluding ortho intramolecular Hbond substituents is 1. The Hall–Kier alpha value is -1.88. The van der Waals surface area contributed by atoms with E-state index in [9.17, 15) is 5.11 Å². The van der Waals surface area contributed by atoms with Gasteiger partial charge in [-0.2, -0.15) is 5.10 Å². The van der Waals surface area contributed by atoms with E-state index in [1.165, 1.54) is 11.9 Å². The molecule has 5 nitrogen and oxygen atoms in total. The first-order valence-corrected chi connectivity index (χ1v) is 6.18. The highest BCUT2D eigenvalue weighted by Crippen LogP contribution is 2.37. The standard InChI is InChI=1S/C13H16N4O/c1-8(13-14-7-15-17-13)16-11-6-5-10-9(11)3-2-4-12(10)18/h2-4,7-8,11,16,18H,5-6H2,1H3,(H,14,15,17). The van der Waals surface area contributed by atoms with Crippen molar-refractivity contribution in [3.8, 4) is 5.75 Å². The molecule has 0 saturated carbocycles. The highest BCUT2D eigenvalue weighted by molar-refractivity contribution is 5.44. The molecule has 0 aliphatic heterocycles. The van der Waals surface area contributed by atoms with Crippen LogP contribution in [-0.4, -0.2) is 20.3 Å². The monoisotopic (exact) mass is 244 g/mol. The summed E-state index contributed by atoms with van der Waals surface area (Å²) in [6.07, 6.45) is 3.44. The van der Waals surface area contributed by atoms with Gasteiger partial charge in [0, 0.05) is 6.04 Å². The van der Waals surface area contributed by atoms with Crippen molar-refractivity contribution in [2.75, 3.05) is 0 Å². The molecule has 0 spiro atoms. The Morgan fingerprint density at radius 1 is 1.50 bits per heavy atom. The van der Waals surface area contributed by atoms with E-state index in [2.05, 4.69) is 33.5 Å². The lowest BCUT2D eigenvalue weighted by molar-refractivity contribution is 0.451. The molecule has 5 heteroatoms. The molecular weight excluding hydrogens is 228 g/mol. The fourth-order valence-corrected chi connectivity index (χ4v) is 2.61. The maximum Gasteiger partial charge on any atom is 0.141 e. The zero-order valence-corrected chi connectivity index (χ0v) is 10.2. The molecule has 1 aromatic carbocycles. The van der Waals surface area contributed by atoms with Crippen LogP contribution in [0.3, 0.4) is 0 Å². The molecule has 18 heavy (non-hydrogen) atoms. The summed E-state index contributed by atoms with van der Waals surface area (Å²) in [5, 5.41) is 20.1. The molecule has 2 aromatic rings. The molecule has 0 bridgehead atoms. The molecule has 1 heterocycles. The third-order valence-electron chi connectivity index (χ3n) is 3.54. The summed E-state index contributed by atoms with van der Waals surface area (Å²) < 4.78 is 0. The third kappa shape index (κ3) is 1.86. The molecule has 0 saturated heterocycles. The highest BCUT2D eigenvalue weighted by atomic mass is 16.3. The number of phenols is 1. The first-order valence-electron chi connectivity index (χ1n) is 6.18. The van der Waals surface area contributed by atoms with E-state index in [1.54, 1.807) is 6.07 Å². The minimum absolute atomic E-state index is 0.116. The zero-order chi connectivity index (χ0) is 12.5. The number of hydrogen-bond donors (Lipinski definition) is 3. The van der Waals surface area contributed by atoms with E-state index in [0.29, 0.717) is 5.75 Å². The van der Waals surface area contributed by atoms with Crippen molar-refractivity contribution in [2.45, 2.75) is 31.8 Å². The van der Waals surface area contributed by atoms with Gasteiger partial charge in [-0.3, -0.25) is 5.10 Å². The number of fused-ring (bicyclic) bond motifs is 1. The predicted molar refractivity (Wildman–Crippen MR) is 67.1 cm³/mol. The van der Waals surface area contributed by atoms with Crippen LogP contribution in [0.25, 0.3) is 0 Å². The third-order valence-corrected chi connectivity index (χ3v) is 3.54. The molecule has 1 aliphatic rings. The summed E-state index contributed by atoms with van der Waals surface area (Å²) in [6, 6.07) is 6.11. The number of aromatic hydroxyl groups is 1. The van der Waals surface area contributed by atoms with Gasteiger partial charge in [0.15, 0.2) is 0 Å². The number of H-pyrrole nitrogens is 1. The van der Waals surface area contributed by atoms with E-state index in [1.807, 2.05) is 6.07 Å². The summed E-state index contributed by atoms with van der Waals surface area (Å²) in [7, 11) is 0. The lowest BCUT2D eigenvalue weighted by Gasteiger charge is -2.18. The van der Waals surface area contributed by atoms with E-state index in [-0.39, 0.29) is 12.1 Å². The van der Waals surface area contributed by atoms with Gasteiger partial charge in [0.2, 0.25) is 0 Å². The molecule has 0 fully saturated rings. The smallest absolute Gasteiger partial charge is 0.141 e. The molecule has 0 amide bonds. The quantitative estimate of drug-likeness (QED) is 0.770. The van der Waals surface area contributed by atoms with E-state index < -0.39 is 0 Å². The molecule has 1 aromatic heterocycles. The number of nitrogens with one attached hydrogen (secondary N) is 2. The first-order chi connectivity index (χ1) is 8.75. The molecular formula is C13H16N4O. The molecule has 2 atom stereocenters. The minimum atomic E-state index is 0.116. The number of rotatable bonds is 3.